The summed E-state index contributed by atoms with van der Waals surface area (Å²) in [6, 6.07) is 8.63. The van der Waals surface area contributed by atoms with Gasteiger partial charge in [-0.05, 0) is 44.3 Å². The zero-order valence-electron chi connectivity index (χ0n) is 28.4. The maximum absolute atomic E-state index is 13.3. The van der Waals surface area contributed by atoms with E-state index in [9.17, 15) is 29.1 Å². The fourth-order valence-electron chi connectivity index (χ4n) is 4.83. The summed E-state index contributed by atoms with van der Waals surface area (Å²) in [5.41, 5.74) is 1.09. The summed E-state index contributed by atoms with van der Waals surface area (Å²) in [7, 11) is 1.86. The van der Waals surface area contributed by atoms with Gasteiger partial charge >= 0.3 is 11.9 Å². The van der Waals surface area contributed by atoms with Crippen LogP contribution in [0.3, 0.4) is 0 Å². The van der Waals surface area contributed by atoms with Crippen molar-refractivity contribution in [3.05, 3.63) is 52.0 Å². The van der Waals surface area contributed by atoms with E-state index in [0.29, 0.717) is 11.4 Å². The Morgan fingerprint density at radius 3 is 2.32 bits per heavy atom. The lowest BCUT2D eigenvalue weighted by atomic mass is 9.96. The fourth-order valence-corrected chi connectivity index (χ4v) is 5.67. The van der Waals surface area contributed by atoms with E-state index in [1.807, 2.05) is 56.1 Å². The normalized spacial score (nSPS) is 13.8. The molecule has 0 aliphatic rings. The molecule has 0 radical (unpaired) electrons. The number of amides is 3. The third kappa shape index (κ3) is 14.6. The second-order valence-electron chi connectivity index (χ2n) is 12.3. The van der Waals surface area contributed by atoms with Crippen molar-refractivity contribution in [2.45, 2.75) is 91.3 Å². The second kappa shape index (κ2) is 20.4. The number of hydrogen-bond donors (Lipinski definition) is 4. The first-order valence-corrected chi connectivity index (χ1v) is 17.2. The molecule has 3 amide bonds. The Bertz CT molecular complexity index is 1300. The van der Waals surface area contributed by atoms with Crippen molar-refractivity contribution in [1.82, 2.24) is 25.8 Å². The number of likely N-dealkylation sites (N-methyl/N-ethyl adjacent to an activating group) is 1. The van der Waals surface area contributed by atoms with E-state index in [1.54, 1.807) is 19.2 Å². The smallest absolute Gasteiger partial charge is 0.306 e. The molecule has 0 aliphatic carbocycles. The fraction of sp³-hybridized carbons (Fsp3) is 0.588. The van der Waals surface area contributed by atoms with Crippen molar-refractivity contribution in [1.29, 1.82) is 0 Å². The highest BCUT2D eigenvalue weighted by Gasteiger charge is 2.29. The molecular formula is C34H51N5O7S. The molecule has 47 heavy (non-hydrogen) atoms. The number of rotatable bonds is 21. The third-order valence-corrected chi connectivity index (χ3v) is 8.62. The van der Waals surface area contributed by atoms with Crippen LogP contribution in [0.2, 0.25) is 0 Å². The molecule has 13 heteroatoms. The van der Waals surface area contributed by atoms with Crippen LogP contribution in [-0.2, 0) is 30.3 Å². The molecule has 2 rings (SSSR count). The average Bonchev–Trinajstić information content (AvgIpc) is 3.53. The number of carboxylic acid groups (broad SMARTS) is 1. The molecular weight excluding hydrogens is 622 g/mol. The summed E-state index contributed by atoms with van der Waals surface area (Å²) in [6.07, 6.45) is 2.21. The number of nitrogens with one attached hydrogen (secondary N) is 3. The molecule has 1 heterocycles. The van der Waals surface area contributed by atoms with E-state index in [1.165, 1.54) is 11.3 Å². The molecule has 4 atom stereocenters. The summed E-state index contributed by atoms with van der Waals surface area (Å²) in [5.74, 6) is -3.18. The van der Waals surface area contributed by atoms with E-state index in [4.69, 9.17) is 4.74 Å². The van der Waals surface area contributed by atoms with E-state index < -0.39 is 42.0 Å². The van der Waals surface area contributed by atoms with Crippen LogP contribution in [0.15, 0.2) is 35.7 Å². The van der Waals surface area contributed by atoms with Crippen molar-refractivity contribution in [2.24, 2.45) is 11.8 Å². The van der Waals surface area contributed by atoms with Crippen LogP contribution in [0.1, 0.15) is 93.9 Å². The predicted molar refractivity (Wildman–Crippen MR) is 181 cm³/mol. The van der Waals surface area contributed by atoms with Gasteiger partial charge in [0.2, 0.25) is 11.8 Å². The maximum Gasteiger partial charge on any atom is 0.306 e. The molecule has 12 nitrogen and oxygen atoms in total. The van der Waals surface area contributed by atoms with E-state index in [-0.39, 0.29) is 55.8 Å². The summed E-state index contributed by atoms with van der Waals surface area (Å²) in [4.78, 5) is 68.8. The lowest BCUT2D eigenvalue weighted by Gasteiger charge is -2.26. The van der Waals surface area contributed by atoms with E-state index in [0.717, 1.165) is 24.9 Å². The Morgan fingerprint density at radius 2 is 1.70 bits per heavy atom. The zero-order chi connectivity index (χ0) is 34.9. The lowest BCUT2D eigenvalue weighted by Crippen LogP contribution is -2.46. The Hall–Kier alpha value is -3.84. The first kappa shape index (κ1) is 39.3. The summed E-state index contributed by atoms with van der Waals surface area (Å²) in [5, 5.41) is 20.0. The summed E-state index contributed by atoms with van der Waals surface area (Å²) < 4.78 is 5.74. The molecule has 1 aromatic heterocycles. The van der Waals surface area contributed by atoms with Gasteiger partial charge in [-0.3, -0.25) is 28.9 Å². The quantitative estimate of drug-likeness (QED) is 0.143. The van der Waals surface area contributed by atoms with E-state index >= 15 is 0 Å². The molecule has 0 bridgehead atoms. The topological polar surface area (TPSA) is 167 Å². The number of nitrogens with zero attached hydrogens (tertiary/aromatic N) is 2. The first-order chi connectivity index (χ1) is 22.3. The number of benzene rings is 1. The van der Waals surface area contributed by atoms with Crippen molar-refractivity contribution in [2.75, 3.05) is 26.7 Å². The molecule has 0 aliphatic heterocycles. The zero-order valence-corrected chi connectivity index (χ0v) is 29.2. The van der Waals surface area contributed by atoms with Gasteiger partial charge < -0.3 is 25.8 Å². The van der Waals surface area contributed by atoms with Crippen molar-refractivity contribution in [3.8, 4) is 0 Å². The van der Waals surface area contributed by atoms with Crippen molar-refractivity contribution in [3.63, 3.8) is 0 Å². The van der Waals surface area contributed by atoms with Crippen LogP contribution in [-0.4, -0.2) is 83.4 Å². The summed E-state index contributed by atoms with van der Waals surface area (Å²) >= 11 is 1.17. The number of carbonyl (C=O) groups is 5. The molecule has 0 spiro atoms. The maximum atomic E-state index is 13.3. The van der Waals surface area contributed by atoms with Crippen LogP contribution < -0.4 is 16.0 Å². The molecule has 4 unspecified atom stereocenters. The number of aromatic nitrogens is 1. The highest BCUT2D eigenvalue weighted by molar-refractivity contribution is 7.09. The van der Waals surface area contributed by atoms with Crippen LogP contribution in [0.4, 0.5) is 0 Å². The predicted octanol–water partition coefficient (Wildman–Crippen LogP) is 3.97. The first-order valence-electron chi connectivity index (χ1n) is 16.3. The van der Waals surface area contributed by atoms with Crippen molar-refractivity contribution < 1.29 is 33.8 Å². The molecule has 0 saturated carbocycles. The Balaban J connectivity index is 2.13. The molecule has 1 aromatic carbocycles. The van der Waals surface area contributed by atoms with Gasteiger partial charge in [0.1, 0.15) is 10.7 Å². The van der Waals surface area contributed by atoms with Gasteiger partial charge in [-0.1, -0.05) is 71.4 Å². The average molecular weight is 674 g/mol. The number of carbonyl (C=O) groups excluding carboxylic acids is 4. The van der Waals surface area contributed by atoms with Gasteiger partial charge in [0, 0.05) is 30.3 Å². The molecule has 0 saturated heterocycles. The Morgan fingerprint density at radius 1 is 1.00 bits per heavy atom. The number of esters is 1. The number of carboxylic acids is 1. The Labute approximate surface area is 282 Å². The van der Waals surface area contributed by atoms with Gasteiger partial charge in [-0.2, -0.15) is 0 Å². The highest BCUT2D eigenvalue weighted by Crippen LogP contribution is 2.29. The number of unbranched alkanes of at least 4 members (excludes halogenated alkanes) is 1. The minimum atomic E-state index is -0.946. The SMILES string of the molecule is CCCCN(C)CC(=O)NCC(=O)NC(CC(OC(=O)CC)c1nc(C(=O)NC(Cc2ccccc2)CC(C)C(=O)O)cs1)C(C)C. The van der Waals surface area contributed by atoms with Gasteiger partial charge in [-0.15, -0.1) is 11.3 Å². The van der Waals surface area contributed by atoms with Crippen LogP contribution >= 0.6 is 11.3 Å². The van der Waals surface area contributed by atoms with Crippen molar-refractivity contribution >= 4 is 41.0 Å². The molecule has 2 aromatic rings. The van der Waals surface area contributed by atoms with Crippen LogP contribution in [0.5, 0.6) is 0 Å². The van der Waals surface area contributed by atoms with Gasteiger partial charge in [0.25, 0.3) is 5.91 Å². The number of aliphatic carboxylic acids is 1. The van der Waals surface area contributed by atoms with Gasteiger partial charge in [0.05, 0.1) is 19.0 Å². The summed E-state index contributed by atoms with van der Waals surface area (Å²) in [6.45, 7) is 10.0. The van der Waals surface area contributed by atoms with Gasteiger partial charge in [0.15, 0.2) is 6.10 Å². The Kier molecular flexibility index (Phi) is 17.1. The monoisotopic (exact) mass is 673 g/mol. The van der Waals surface area contributed by atoms with Crippen LogP contribution in [0.25, 0.3) is 0 Å². The highest BCUT2D eigenvalue weighted by atomic mass is 32.1. The van der Waals surface area contributed by atoms with Gasteiger partial charge in [-0.25, -0.2) is 4.98 Å². The molecule has 260 valence electrons. The number of hydrogen-bond acceptors (Lipinski definition) is 9. The minimum absolute atomic E-state index is 0.0460. The number of thiazole rings is 1. The van der Waals surface area contributed by atoms with E-state index in [2.05, 4.69) is 27.9 Å². The van der Waals surface area contributed by atoms with Crippen LogP contribution in [0, 0.1) is 11.8 Å². The lowest BCUT2D eigenvalue weighted by molar-refractivity contribution is -0.150. The third-order valence-electron chi connectivity index (χ3n) is 7.68. The number of ether oxygens (including phenoxy) is 1. The largest absolute Gasteiger partial charge is 0.481 e. The molecule has 0 fully saturated rings. The minimum Gasteiger partial charge on any atom is -0.481 e. The second-order valence-corrected chi connectivity index (χ2v) is 13.1. The molecule has 4 N–H and O–H groups in total. The standard InChI is InChI=1S/C34H51N5O7S/c1-7-9-15-39(6)20-30(41)35-19-29(40)37-26(22(3)4)18-28(46-31(42)8-2)33-38-27(21-47-33)32(43)36-25(16-23(5)34(44)45)17-24-13-11-10-12-14-24/h10-14,21-23,25-26,28H,7-9,15-20H2,1-6H3,(H,35,41)(H,36,43)(H,37,40)(H,44,45).